The summed E-state index contributed by atoms with van der Waals surface area (Å²) in [6, 6.07) is 5.84. The third kappa shape index (κ3) is 3.19. The van der Waals surface area contributed by atoms with E-state index in [0.717, 1.165) is 12.8 Å². The van der Waals surface area contributed by atoms with Crippen LogP contribution in [-0.4, -0.2) is 16.9 Å². The fourth-order valence-corrected chi connectivity index (χ4v) is 2.45. The highest BCUT2D eigenvalue weighted by Crippen LogP contribution is 2.22. The van der Waals surface area contributed by atoms with Crippen LogP contribution in [-0.2, 0) is 17.6 Å². The zero-order valence-corrected chi connectivity index (χ0v) is 10.4. The van der Waals surface area contributed by atoms with Crippen molar-refractivity contribution < 1.29 is 14.7 Å². The molecule has 0 spiro atoms. The van der Waals surface area contributed by atoms with Crippen LogP contribution >= 0.6 is 0 Å². The van der Waals surface area contributed by atoms with Gasteiger partial charge in [0, 0.05) is 12.0 Å². The maximum atomic E-state index is 11.9. The number of aryl methyl sites for hydroxylation is 2. The van der Waals surface area contributed by atoms with Crippen LogP contribution in [0.3, 0.4) is 0 Å². The summed E-state index contributed by atoms with van der Waals surface area (Å²) in [5.41, 5.74) is 3.29. The van der Waals surface area contributed by atoms with Crippen LogP contribution in [0.2, 0.25) is 0 Å². The van der Waals surface area contributed by atoms with E-state index in [0.29, 0.717) is 5.56 Å². The third-order valence-corrected chi connectivity index (χ3v) is 3.49. The summed E-state index contributed by atoms with van der Waals surface area (Å²) in [7, 11) is 0. The SMILES string of the molecule is O=C(O)CCC(=O)c1ccc2c(c1)CCCCC2. The number of carbonyl (C=O) groups is 2. The van der Waals surface area contributed by atoms with Crippen LogP contribution < -0.4 is 0 Å². The number of hydrogen-bond donors (Lipinski definition) is 1. The molecule has 1 aromatic rings. The second-order valence-corrected chi connectivity index (χ2v) is 4.86. The Morgan fingerprint density at radius 3 is 2.44 bits per heavy atom. The van der Waals surface area contributed by atoms with Crippen molar-refractivity contribution in [2.75, 3.05) is 0 Å². The van der Waals surface area contributed by atoms with Gasteiger partial charge in [0.1, 0.15) is 0 Å². The maximum absolute atomic E-state index is 11.9. The molecule has 3 nitrogen and oxygen atoms in total. The third-order valence-electron chi connectivity index (χ3n) is 3.49. The van der Waals surface area contributed by atoms with Crippen LogP contribution in [0.5, 0.6) is 0 Å². The zero-order valence-electron chi connectivity index (χ0n) is 10.4. The minimum atomic E-state index is -0.918. The summed E-state index contributed by atoms with van der Waals surface area (Å²) >= 11 is 0. The number of fused-ring (bicyclic) bond motifs is 1. The van der Waals surface area contributed by atoms with Gasteiger partial charge in [-0.2, -0.15) is 0 Å². The molecule has 0 radical (unpaired) electrons. The highest BCUT2D eigenvalue weighted by molar-refractivity contribution is 5.97. The summed E-state index contributed by atoms with van der Waals surface area (Å²) in [6.07, 6.45) is 5.79. The number of carboxylic acids is 1. The standard InChI is InChI=1S/C15H18O3/c16-14(8-9-15(17)18)13-7-6-11-4-2-1-3-5-12(11)10-13/h6-7,10H,1-5,8-9H2,(H,17,18). The number of carbonyl (C=O) groups excluding carboxylic acids is 1. The smallest absolute Gasteiger partial charge is 0.303 e. The molecule has 0 aliphatic heterocycles. The molecule has 1 N–H and O–H groups in total. The van der Waals surface area contributed by atoms with Gasteiger partial charge in [-0.05, 0) is 42.9 Å². The Kier molecular flexibility index (Phi) is 4.13. The number of ketones is 1. The monoisotopic (exact) mass is 246 g/mol. The average molecular weight is 246 g/mol. The van der Waals surface area contributed by atoms with Crippen LogP contribution in [0.4, 0.5) is 0 Å². The van der Waals surface area contributed by atoms with E-state index in [4.69, 9.17) is 5.11 Å². The van der Waals surface area contributed by atoms with E-state index in [2.05, 4.69) is 0 Å². The zero-order chi connectivity index (χ0) is 13.0. The van der Waals surface area contributed by atoms with Crippen molar-refractivity contribution >= 4 is 11.8 Å². The van der Waals surface area contributed by atoms with Gasteiger partial charge in [-0.1, -0.05) is 18.6 Å². The van der Waals surface area contributed by atoms with E-state index < -0.39 is 5.97 Å². The van der Waals surface area contributed by atoms with Crippen LogP contribution in [0.15, 0.2) is 18.2 Å². The molecule has 96 valence electrons. The van der Waals surface area contributed by atoms with Crippen molar-refractivity contribution in [1.82, 2.24) is 0 Å². The van der Waals surface area contributed by atoms with Gasteiger partial charge in [-0.25, -0.2) is 0 Å². The maximum Gasteiger partial charge on any atom is 0.303 e. The topological polar surface area (TPSA) is 54.4 Å². The Hall–Kier alpha value is -1.64. The fraction of sp³-hybridized carbons (Fsp3) is 0.467. The lowest BCUT2D eigenvalue weighted by atomic mass is 9.97. The number of hydrogen-bond acceptors (Lipinski definition) is 2. The quantitative estimate of drug-likeness (QED) is 0.656. The van der Waals surface area contributed by atoms with Gasteiger partial charge >= 0.3 is 5.97 Å². The molecule has 0 saturated heterocycles. The number of carboxylic acid groups (broad SMARTS) is 1. The minimum absolute atomic E-state index is 0.0653. The van der Waals surface area contributed by atoms with E-state index in [9.17, 15) is 9.59 Å². The lowest BCUT2D eigenvalue weighted by Gasteiger charge is -2.07. The molecule has 1 aliphatic carbocycles. The average Bonchev–Trinajstić information content (AvgIpc) is 2.60. The number of benzene rings is 1. The van der Waals surface area contributed by atoms with Crippen molar-refractivity contribution in [3.63, 3.8) is 0 Å². The number of Topliss-reactive ketones (excluding diaryl/α,β-unsaturated/α-hetero) is 1. The molecule has 2 rings (SSSR count). The molecule has 0 atom stereocenters. The predicted molar refractivity (Wildman–Crippen MR) is 68.9 cm³/mol. The van der Waals surface area contributed by atoms with Gasteiger partial charge in [0.25, 0.3) is 0 Å². The summed E-state index contributed by atoms with van der Waals surface area (Å²) in [5, 5.41) is 8.59. The van der Waals surface area contributed by atoms with Gasteiger partial charge in [0.05, 0.1) is 6.42 Å². The first-order chi connectivity index (χ1) is 8.66. The second-order valence-electron chi connectivity index (χ2n) is 4.86. The highest BCUT2D eigenvalue weighted by atomic mass is 16.4. The predicted octanol–water partition coefficient (Wildman–Crippen LogP) is 3.00. The molecule has 1 aliphatic rings. The lowest BCUT2D eigenvalue weighted by Crippen LogP contribution is -2.05. The van der Waals surface area contributed by atoms with Crippen LogP contribution in [0.25, 0.3) is 0 Å². The first-order valence-corrected chi connectivity index (χ1v) is 6.53. The molecule has 0 aromatic heterocycles. The van der Waals surface area contributed by atoms with E-state index in [1.807, 2.05) is 18.2 Å². The Morgan fingerprint density at radius 2 is 1.72 bits per heavy atom. The van der Waals surface area contributed by atoms with Crippen molar-refractivity contribution in [3.05, 3.63) is 34.9 Å². The lowest BCUT2D eigenvalue weighted by molar-refractivity contribution is -0.136. The van der Waals surface area contributed by atoms with E-state index in [-0.39, 0.29) is 18.6 Å². The molecule has 0 fully saturated rings. The Balaban J connectivity index is 2.12. The molecular formula is C15H18O3. The summed E-state index contributed by atoms with van der Waals surface area (Å²) in [4.78, 5) is 22.3. The van der Waals surface area contributed by atoms with Gasteiger partial charge < -0.3 is 5.11 Å². The van der Waals surface area contributed by atoms with Gasteiger partial charge in [-0.3, -0.25) is 9.59 Å². The fourth-order valence-electron chi connectivity index (χ4n) is 2.45. The van der Waals surface area contributed by atoms with Crippen molar-refractivity contribution in [2.45, 2.75) is 44.9 Å². The van der Waals surface area contributed by atoms with E-state index in [1.54, 1.807) is 0 Å². The van der Waals surface area contributed by atoms with E-state index >= 15 is 0 Å². The molecule has 18 heavy (non-hydrogen) atoms. The Labute approximate surface area is 107 Å². The normalized spacial score (nSPS) is 14.7. The Bertz CT molecular complexity index is 463. The van der Waals surface area contributed by atoms with Crippen molar-refractivity contribution in [1.29, 1.82) is 0 Å². The summed E-state index contributed by atoms with van der Waals surface area (Å²) in [6.45, 7) is 0. The molecule has 0 bridgehead atoms. The van der Waals surface area contributed by atoms with Gasteiger partial charge in [0.15, 0.2) is 5.78 Å². The van der Waals surface area contributed by atoms with Crippen LogP contribution in [0.1, 0.15) is 53.6 Å². The second kappa shape index (κ2) is 5.80. The first kappa shape index (κ1) is 12.8. The largest absolute Gasteiger partial charge is 0.481 e. The van der Waals surface area contributed by atoms with Gasteiger partial charge in [-0.15, -0.1) is 0 Å². The van der Waals surface area contributed by atoms with Gasteiger partial charge in [0.2, 0.25) is 0 Å². The first-order valence-electron chi connectivity index (χ1n) is 6.53. The van der Waals surface area contributed by atoms with Crippen molar-refractivity contribution in [3.8, 4) is 0 Å². The van der Waals surface area contributed by atoms with E-state index in [1.165, 1.54) is 30.4 Å². The van der Waals surface area contributed by atoms with Crippen LogP contribution in [0, 0.1) is 0 Å². The molecule has 0 unspecified atom stereocenters. The highest BCUT2D eigenvalue weighted by Gasteiger charge is 2.13. The summed E-state index contributed by atoms with van der Waals surface area (Å²) < 4.78 is 0. The molecular weight excluding hydrogens is 228 g/mol. The van der Waals surface area contributed by atoms with Crippen molar-refractivity contribution in [2.24, 2.45) is 0 Å². The molecule has 0 saturated carbocycles. The number of rotatable bonds is 4. The molecule has 0 amide bonds. The minimum Gasteiger partial charge on any atom is -0.481 e. The molecule has 1 aromatic carbocycles. The number of aliphatic carboxylic acids is 1. The molecule has 0 heterocycles. The molecule has 3 heteroatoms. The summed E-state index contributed by atoms with van der Waals surface area (Å²) in [5.74, 6) is -0.984. The Morgan fingerprint density at radius 1 is 1.00 bits per heavy atom.